The van der Waals surface area contributed by atoms with Gasteiger partial charge in [0.05, 0.1) is 19.3 Å². The Labute approximate surface area is 112 Å². The van der Waals surface area contributed by atoms with E-state index in [2.05, 4.69) is 10.3 Å². The first-order valence-corrected chi connectivity index (χ1v) is 6.09. The summed E-state index contributed by atoms with van der Waals surface area (Å²) in [5, 5.41) is 7.86. The van der Waals surface area contributed by atoms with E-state index in [-0.39, 0.29) is 0 Å². The van der Waals surface area contributed by atoms with Gasteiger partial charge in [-0.25, -0.2) is 4.68 Å². The normalized spacial score (nSPS) is 10.5. The molecule has 6 nitrogen and oxygen atoms in total. The van der Waals surface area contributed by atoms with Crippen LogP contribution in [-0.2, 0) is 13.1 Å². The summed E-state index contributed by atoms with van der Waals surface area (Å²) in [5.74, 6) is 1.47. The maximum atomic E-state index is 5.68. The van der Waals surface area contributed by atoms with Crippen molar-refractivity contribution in [3.05, 3.63) is 35.7 Å². The average Bonchev–Trinajstić information content (AvgIpc) is 2.88. The maximum Gasteiger partial charge on any atom is 0.161 e. The molecule has 1 heterocycles. The Morgan fingerprint density at radius 3 is 2.84 bits per heavy atom. The van der Waals surface area contributed by atoms with Crippen LogP contribution in [0, 0.1) is 6.92 Å². The summed E-state index contributed by atoms with van der Waals surface area (Å²) >= 11 is 0. The van der Waals surface area contributed by atoms with Gasteiger partial charge in [0.15, 0.2) is 11.5 Å². The first-order chi connectivity index (χ1) is 9.22. The van der Waals surface area contributed by atoms with E-state index in [0.717, 1.165) is 22.8 Å². The van der Waals surface area contributed by atoms with Gasteiger partial charge < -0.3 is 15.2 Å². The SMILES string of the molecule is COc1cc(C)ccc1OCCn1cc(CN)nn1. The van der Waals surface area contributed by atoms with E-state index in [1.165, 1.54) is 0 Å². The molecule has 0 aliphatic carbocycles. The number of hydrogen-bond donors (Lipinski definition) is 1. The lowest BCUT2D eigenvalue weighted by Gasteiger charge is -2.11. The fourth-order valence-corrected chi connectivity index (χ4v) is 1.68. The zero-order chi connectivity index (χ0) is 13.7. The van der Waals surface area contributed by atoms with Crippen LogP contribution in [0.1, 0.15) is 11.3 Å². The molecule has 6 heteroatoms. The van der Waals surface area contributed by atoms with Crippen molar-refractivity contribution in [1.29, 1.82) is 0 Å². The standard InChI is InChI=1S/C13H18N4O2/c1-10-3-4-12(13(7-10)18-2)19-6-5-17-9-11(8-14)15-16-17/h3-4,7,9H,5-6,8,14H2,1-2H3. The summed E-state index contributed by atoms with van der Waals surface area (Å²) in [6.07, 6.45) is 1.82. The van der Waals surface area contributed by atoms with Crippen molar-refractivity contribution in [2.45, 2.75) is 20.0 Å². The molecule has 0 aliphatic heterocycles. The van der Waals surface area contributed by atoms with E-state index >= 15 is 0 Å². The minimum absolute atomic E-state index is 0.395. The number of hydrogen-bond acceptors (Lipinski definition) is 5. The molecule has 19 heavy (non-hydrogen) atoms. The van der Waals surface area contributed by atoms with Gasteiger partial charge in [-0.15, -0.1) is 5.10 Å². The molecule has 0 radical (unpaired) electrons. The molecule has 0 saturated heterocycles. The smallest absolute Gasteiger partial charge is 0.161 e. The third-order valence-corrected chi connectivity index (χ3v) is 2.69. The number of rotatable bonds is 6. The second-order valence-electron chi connectivity index (χ2n) is 4.18. The summed E-state index contributed by atoms with van der Waals surface area (Å²) in [4.78, 5) is 0. The molecule has 0 atom stereocenters. The van der Waals surface area contributed by atoms with Crippen LogP contribution >= 0.6 is 0 Å². The fraction of sp³-hybridized carbons (Fsp3) is 0.385. The van der Waals surface area contributed by atoms with Crippen LogP contribution in [-0.4, -0.2) is 28.7 Å². The largest absolute Gasteiger partial charge is 0.493 e. The highest BCUT2D eigenvalue weighted by molar-refractivity contribution is 5.42. The molecule has 0 spiro atoms. The molecule has 0 fully saturated rings. The van der Waals surface area contributed by atoms with E-state index in [1.54, 1.807) is 11.8 Å². The Morgan fingerprint density at radius 2 is 2.16 bits per heavy atom. The molecule has 1 aromatic carbocycles. The minimum atomic E-state index is 0.395. The van der Waals surface area contributed by atoms with Gasteiger partial charge in [-0.1, -0.05) is 11.3 Å². The number of aryl methyl sites for hydroxylation is 1. The molecule has 0 bridgehead atoms. The number of nitrogens with zero attached hydrogens (tertiary/aromatic N) is 3. The van der Waals surface area contributed by atoms with Gasteiger partial charge in [-0.05, 0) is 24.6 Å². The monoisotopic (exact) mass is 262 g/mol. The van der Waals surface area contributed by atoms with Crippen molar-refractivity contribution in [3.8, 4) is 11.5 Å². The Hall–Kier alpha value is -2.08. The van der Waals surface area contributed by atoms with Crippen molar-refractivity contribution in [1.82, 2.24) is 15.0 Å². The Kier molecular flexibility index (Phi) is 4.35. The molecule has 0 unspecified atom stereocenters. The van der Waals surface area contributed by atoms with Crippen LogP contribution in [0.3, 0.4) is 0 Å². The van der Waals surface area contributed by atoms with E-state index in [0.29, 0.717) is 19.7 Å². The summed E-state index contributed by atoms with van der Waals surface area (Å²) in [6, 6.07) is 5.83. The highest BCUT2D eigenvalue weighted by atomic mass is 16.5. The van der Waals surface area contributed by atoms with Crippen LogP contribution in [0.4, 0.5) is 0 Å². The third kappa shape index (κ3) is 3.45. The van der Waals surface area contributed by atoms with Crippen LogP contribution in [0.2, 0.25) is 0 Å². The second kappa shape index (κ2) is 6.19. The molecule has 1 aromatic heterocycles. The number of aromatic nitrogens is 3. The van der Waals surface area contributed by atoms with Gasteiger partial charge in [0.1, 0.15) is 6.61 Å². The number of ether oxygens (including phenoxy) is 2. The van der Waals surface area contributed by atoms with Crippen LogP contribution in [0.25, 0.3) is 0 Å². The lowest BCUT2D eigenvalue weighted by molar-refractivity contribution is 0.273. The average molecular weight is 262 g/mol. The topological polar surface area (TPSA) is 75.2 Å². The molecule has 2 rings (SSSR count). The molecule has 2 N–H and O–H groups in total. The van der Waals surface area contributed by atoms with Crippen LogP contribution < -0.4 is 15.2 Å². The molecule has 0 amide bonds. The van der Waals surface area contributed by atoms with E-state index < -0.39 is 0 Å². The van der Waals surface area contributed by atoms with Crippen LogP contribution in [0.15, 0.2) is 24.4 Å². The number of benzene rings is 1. The van der Waals surface area contributed by atoms with Gasteiger partial charge >= 0.3 is 0 Å². The highest BCUT2D eigenvalue weighted by Crippen LogP contribution is 2.27. The van der Waals surface area contributed by atoms with E-state index in [9.17, 15) is 0 Å². The maximum absolute atomic E-state index is 5.68. The predicted octanol–water partition coefficient (Wildman–Crippen LogP) is 1.13. The molecule has 0 aliphatic rings. The second-order valence-corrected chi connectivity index (χ2v) is 4.18. The molecule has 2 aromatic rings. The molecular weight excluding hydrogens is 244 g/mol. The Balaban J connectivity index is 1.92. The summed E-state index contributed by atoms with van der Waals surface area (Å²) < 4.78 is 12.7. The van der Waals surface area contributed by atoms with E-state index in [4.69, 9.17) is 15.2 Å². The number of nitrogens with two attached hydrogens (primary N) is 1. The highest BCUT2D eigenvalue weighted by Gasteiger charge is 2.04. The van der Waals surface area contributed by atoms with Gasteiger partial charge in [-0.3, -0.25) is 0 Å². The zero-order valence-electron chi connectivity index (χ0n) is 11.2. The summed E-state index contributed by atoms with van der Waals surface area (Å²) in [5.41, 5.74) is 7.37. The van der Waals surface area contributed by atoms with E-state index in [1.807, 2.05) is 31.3 Å². The van der Waals surface area contributed by atoms with Gasteiger partial charge in [0, 0.05) is 12.7 Å². The van der Waals surface area contributed by atoms with Crippen LogP contribution in [0.5, 0.6) is 11.5 Å². The van der Waals surface area contributed by atoms with Crippen molar-refractivity contribution >= 4 is 0 Å². The summed E-state index contributed by atoms with van der Waals surface area (Å²) in [6.45, 7) is 3.51. The van der Waals surface area contributed by atoms with Crippen molar-refractivity contribution in [3.63, 3.8) is 0 Å². The first-order valence-electron chi connectivity index (χ1n) is 6.09. The molecular formula is C13H18N4O2. The zero-order valence-corrected chi connectivity index (χ0v) is 11.2. The number of methoxy groups -OCH3 is 1. The Bertz CT molecular complexity index is 539. The quantitative estimate of drug-likeness (QED) is 0.844. The third-order valence-electron chi connectivity index (χ3n) is 2.69. The van der Waals surface area contributed by atoms with Crippen molar-refractivity contribution in [2.75, 3.05) is 13.7 Å². The molecule has 0 saturated carbocycles. The fourth-order valence-electron chi connectivity index (χ4n) is 1.68. The van der Waals surface area contributed by atoms with Crippen molar-refractivity contribution < 1.29 is 9.47 Å². The van der Waals surface area contributed by atoms with Gasteiger partial charge in [0.25, 0.3) is 0 Å². The molecule has 102 valence electrons. The Morgan fingerprint density at radius 1 is 1.32 bits per heavy atom. The minimum Gasteiger partial charge on any atom is -0.493 e. The van der Waals surface area contributed by atoms with Gasteiger partial charge in [0.2, 0.25) is 0 Å². The van der Waals surface area contributed by atoms with Crippen molar-refractivity contribution in [2.24, 2.45) is 5.73 Å². The van der Waals surface area contributed by atoms with Gasteiger partial charge in [-0.2, -0.15) is 0 Å². The summed E-state index contributed by atoms with van der Waals surface area (Å²) in [7, 11) is 1.63. The lowest BCUT2D eigenvalue weighted by atomic mass is 10.2. The lowest BCUT2D eigenvalue weighted by Crippen LogP contribution is -2.09. The first kappa shape index (κ1) is 13.4. The predicted molar refractivity (Wildman–Crippen MR) is 71.1 cm³/mol.